The Morgan fingerprint density at radius 2 is 2.07 bits per heavy atom. The van der Waals surface area contributed by atoms with E-state index >= 15 is 0 Å². The average Bonchev–Trinajstić information content (AvgIpc) is 2.49. The van der Waals surface area contributed by atoms with Crippen molar-refractivity contribution in [2.75, 3.05) is 0 Å². The van der Waals surface area contributed by atoms with Crippen molar-refractivity contribution in [3.63, 3.8) is 0 Å². The molecular formula is C8H4F3NO2. The molecular weight excluding hydrogens is 199 g/mol. The van der Waals surface area contributed by atoms with Gasteiger partial charge >= 0.3 is 6.36 Å². The summed E-state index contributed by atoms with van der Waals surface area (Å²) in [6.45, 7) is 0. The van der Waals surface area contributed by atoms with E-state index in [1.54, 1.807) is 0 Å². The molecule has 0 unspecified atom stereocenters. The molecule has 74 valence electrons. The number of benzene rings is 1. The standard InChI is InChI=1S/C8H4F3NO2/c9-8(10,11)14-6-3-1-2-5-7(6)13-4-12-5/h1-4H. The minimum atomic E-state index is -4.72. The third-order valence-corrected chi connectivity index (χ3v) is 1.55. The van der Waals surface area contributed by atoms with Crippen LogP contribution in [0, 0.1) is 0 Å². The Labute approximate surface area is 76.1 Å². The fourth-order valence-corrected chi connectivity index (χ4v) is 1.07. The molecule has 0 aliphatic carbocycles. The number of oxazole rings is 1. The number of ether oxygens (including phenoxy) is 1. The van der Waals surface area contributed by atoms with Gasteiger partial charge in [-0.3, -0.25) is 0 Å². The Morgan fingerprint density at radius 1 is 1.29 bits per heavy atom. The number of halogens is 3. The van der Waals surface area contributed by atoms with Crippen LogP contribution in [0.25, 0.3) is 11.1 Å². The lowest BCUT2D eigenvalue weighted by Gasteiger charge is -2.07. The minimum absolute atomic E-state index is 0.00942. The molecule has 1 aromatic carbocycles. The summed E-state index contributed by atoms with van der Waals surface area (Å²) < 4.78 is 44.2. The van der Waals surface area contributed by atoms with Crippen molar-refractivity contribution in [3.8, 4) is 5.75 Å². The molecule has 3 nitrogen and oxygen atoms in total. The number of hydrogen-bond donors (Lipinski definition) is 0. The van der Waals surface area contributed by atoms with Gasteiger partial charge in [0.25, 0.3) is 0 Å². The molecule has 2 aromatic rings. The second-order valence-corrected chi connectivity index (χ2v) is 2.50. The summed E-state index contributed by atoms with van der Waals surface area (Å²) in [5.41, 5.74) is 0.316. The maximum atomic E-state index is 11.9. The molecule has 1 heterocycles. The molecule has 0 bridgehead atoms. The fourth-order valence-electron chi connectivity index (χ4n) is 1.07. The lowest BCUT2D eigenvalue weighted by atomic mass is 10.3. The van der Waals surface area contributed by atoms with Gasteiger partial charge in [-0.15, -0.1) is 13.2 Å². The number of nitrogens with zero attached hydrogens (tertiary/aromatic N) is 1. The highest BCUT2D eigenvalue weighted by Gasteiger charge is 2.32. The first-order chi connectivity index (χ1) is 6.56. The molecule has 0 N–H and O–H groups in total. The highest BCUT2D eigenvalue weighted by Crippen LogP contribution is 2.29. The van der Waals surface area contributed by atoms with Crippen LogP contribution in [-0.2, 0) is 0 Å². The molecule has 0 saturated carbocycles. The second kappa shape index (κ2) is 2.90. The molecule has 1 aromatic heterocycles. The largest absolute Gasteiger partial charge is 0.573 e. The monoisotopic (exact) mass is 203 g/mol. The zero-order chi connectivity index (χ0) is 10.2. The molecule has 0 fully saturated rings. The lowest BCUT2D eigenvalue weighted by molar-refractivity contribution is -0.274. The van der Waals surface area contributed by atoms with Crippen LogP contribution >= 0.6 is 0 Å². The van der Waals surface area contributed by atoms with Gasteiger partial charge in [0, 0.05) is 0 Å². The van der Waals surface area contributed by atoms with E-state index in [4.69, 9.17) is 4.42 Å². The Bertz CT molecular complexity index is 449. The predicted octanol–water partition coefficient (Wildman–Crippen LogP) is 2.73. The molecule has 0 amide bonds. The summed E-state index contributed by atoms with van der Waals surface area (Å²) in [4.78, 5) is 3.70. The number of para-hydroxylation sites is 1. The summed E-state index contributed by atoms with van der Waals surface area (Å²) in [6.07, 6.45) is -3.66. The lowest BCUT2D eigenvalue weighted by Crippen LogP contribution is -2.17. The van der Waals surface area contributed by atoms with Crippen LogP contribution in [0.5, 0.6) is 5.75 Å². The van der Waals surface area contributed by atoms with E-state index in [9.17, 15) is 13.2 Å². The number of rotatable bonds is 1. The highest BCUT2D eigenvalue weighted by atomic mass is 19.4. The zero-order valence-corrected chi connectivity index (χ0v) is 6.71. The maximum Gasteiger partial charge on any atom is 0.573 e. The second-order valence-electron chi connectivity index (χ2n) is 2.50. The number of aromatic nitrogens is 1. The van der Waals surface area contributed by atoms with Crippen molar-refractivity contribution < 1.29 is 22.3 Å². The summed E-state index contributed by atoms with van der Waals surface area (Å²) in [7, 11) is 0. The topological polar surface area (TPSA) is 35.3 Å². The van der Waals surface area contributed by atoms with Crippen molar-refractivity contribution in [1.82, 2.24) is 4.98 Å². The quantitative estimate of drug-likeness (QED) is 0.714. The van der Waals surface area contributed by atoms with Gasteiger partial charge in [0.1, 0.15) is 5.52 Å². The molecule has 14 heavy (non-hydrogen) atoms. The Hall–Kier alpha value is -1.72. The van der Waals surface area contributed by atoms with Gasteiger partial charge in [0.15, 0.2) is 17.7 Å². The van der Waals surface area contributed by atoms with Gasteiger partial charge < -0.3 is 9.15 Å². The van der Waals surface area contributed by atoms with Crippen molar-refractivity contribution in [2.24, 2.45) is 0 Å². The van der Waals surface area contributed by atoms with E-state index in [1.807, 2.05) is 0 Å². The van der Waals surface area contributed by atoms with Gasteiger partial charge in [-0.25, -0.2) is 4.98 Å². The van der Waals surface area contributed by atoms with E-state index in [2.05, 4.69) is 9.72 Å². The van der Waals surface area contributed by atoms with Crippen LogP contribution in [0.1, 0.15) is 0 Å². The van der Waals surface area contributed by atoms with Gasteiger partial charge in [-0.1, -0.05) is 6.07 Å². The van der Waals surface area contributed by atoms with Gasteiger partial charge in [-0.2, -0.15) is 0 Å². The number of alkyl halides is 3. The SMILES string of the molecule is FC(F)(F)Oc1cccc2ncoc12. The van der Waals surface area contributed by atoms with Gasteiger partial charge in [0.05, 0.1) is 0 Å². The molecule has 0 aliphatic heterocycles. The third kappa shape index (κ3) is 1.63. The van der Waals surface area contributed by atoms with E-state index in [0.717, 1.165) is 6.39 Å². The Morgan fingerprint density at radius 3 is 2.79 bits per heavy atom. The first-order valence-corrected chi connectivity index (χ1v) is 3.64. The maximum absolute atomic E-state index is 11.9. The molecule has 0 atom stereocenters. The number of hydrogen-bond acceptors (Lipinski definition) is 3. The van der Waals surface area contributed by atoms with Crippen molar-refractivity contribution in [2.45, 2.75) is 6.36 Å². The fraction of sp³-hybridized carbons (Fsp3) is 0.125. The van der Waals surface area contributed by atoms with E-state index in [-0.39, 0.29) is 11.3 Å². The predicted molar refractivity (Wildman–Crippen MR) is 40.7 cm³/mol. The van der Waals surface area contributed by atoms with Crippen LogP contribution < -0.4 is 4.74 Å². The van der Waals surface area contributed by atoms with Crippen LogP contribution in [0.4, 0.5) is 13.2 Å². The Balaban J connectivity index is 2.46. The van der Waals surface area contributed by atoms with E-state index in [0.29, 0.717) is 5.52 Å². The first kappa shape index (κ1) is 8.86. The van der Waals surface area contributed by atoms with E-state index in [1.165, 1.54) is 18.2 Å². The summed E-state index contributed by atoms with van der Waals surface area (Å²) in [5, 5.41) is 0. The molecule has 0 saturated heterocycles. The van der Waals surface area contributed by atoms with Crippen molar-refractivity contribution in [3.05, 3.63) is 24.6 Å². The minimum Gasteiger partial charge on any atom is -0.440 e. The highest BCUT2D eigenvalue weighted by molar-refractivity contribution is 5.78. The van der Waals surface area contributed by atoms with Gasteiger partial charge in [-0.05, 0) is 12.1 Å². The van der Waals surface area contributed by atoms with Crippen molar-refractivity contribution >= 4 is 11.1 Å². The van der Waals surface area contributed by atoms with Crippen LogP contribution in [0.15, 0.2) is 29.0 Å². The normalized spacial score (nSPS) is 11.9. The summed E-state index contributed by atoms with van der Waals surface area (Å²) >= 11 is 0. The molecule has 6 heteroatoms. The molecule has 0 aliphatic rings. The van der Waals surface area contributed by atoms with E-state index < -0.39 is 6.36 Å². The molecule has 0 spiro atoms. The van der Waals surface area contributed by atoms with Crippen LogP contribution in [-0.4, -0.2) is 11.3 Å². The average molecular weight is 203 g/mol. The number of fused-ring (bicyclic) bond motifs is 1. The smallest absolute Gasteiger partial charge is 0.440 e. The zero-order valence-electron chi connectivity index (χ0n) is 6.71. The van der Waals surface area contributed by atoms with Crippen molar-refractivity contribution in [1.29, 1.82) is 0 Å². The van der Waals surface area contributed by atoms with Crippen LogP contribution in [0.3, 0.4) is 0 Å². The van der Waals surface area contributed by atoms with Crippen LogP contribution in [0.2, 0.25) is 0 Å². The summed E-state index contributed by atoms with van der Waals surface area (Å²) in [5.74, 6) is -0.382. The first-order valence-electron chi connectivity index (χ1n) is 3.64. The molecule has 2 rings (SSSR count). The van der Waals surface area contributed by atoms with Gasteiger partial charge in [0.2, 0.25) is 0 Å². The third-order valence-electron chi connectivity index (χ3n) is 1.55. The summed E-state index contributed by atoms with van der Waals surface area (Å²) in [6, 6.07) is 4.11. The molecule has 0 radical (unpaired) electrons. The Kier molecular flexibility index (Phi) is 1.83.